The Morgan fingerprint density at radius 1 is 1.05 bits per heavy atom. The SMILES string of the molecule is CCC1CCC(N2CCCC(CNCC(C)C)C2)CC1. The maximum absolute atomic E-state index is 3.67. The van der Waals surface area contributed by atoms with Gasteiger partial charge in [0.25, 0.3) is 0 Å². The first kappa shape index (κ1) is 16.3. The number of nitrogens with one attached hydrogen (secondary N) is 1. The first-order valence-corrected chi connectivity index (χ1v) is 9.13. The van der Waals surface area contributed by atoms with Gasteiger partial charge < -0.3 is 10.2 Å². The number of hydrogen-bond donors (Lipinski definition) is 1. The molecule has 118 valence electrons. The van der Waals surface area contributed by atoms with Crippen molar-refractivity contribution in [2.75, 3.05) is 26.2 Å². The fraction of sp³-hybridized carbons (Fsp3) is 1.00. The second-order valence-electron chi connectivity index (χ2n) is 7.64. The minimum Gasteiger partial charge on any atom is -0.316 e. The summed E-state index contributed by atoms with van der Waals surface area (Å²) < 4.78 is 0. The van der Waals surface area contributed by atoms with Crippen molar-refractivity contribution in [3.63, 3.8) is 0 Å². The lowest BCUT2D eigenvalue weighted by molar-refractivity contribution is 0.0859. The molecule has 1 unspecified atom stereocenters. The van der Waals surface area contributed by atoms with Gasteiger partial charge in [-0.3, -0.25) is 0 Å². The van der Waals surface area contributed by atoms with Crippen LogP contribution in [0.5, 0.6) is 0 Å². The van der Waals surface area contributed by atoms with E-state index in [1.165, 1.54) is 71.1 Å². The van der Waals surface area contributed by atoms with Crippen molar-refractivity contribution in [3.05, 3.63) is 0 Å². The fourth-order valence-electron chi connectivity index (χ4n) is 4.09. The van der Waals surface area contributed by atoms with Crippen molar-refractivity contribution >= 4 is 0 Å². The van der Waals surface area contributed by atoms with Crippen molar-refractivity contribution in [1.82, 2.24) is 10.2 Å². The van der Waals surface area contributed by atoms with Gasteiger partial charge in [-0.1, -0.05) is 27.2 Å². The van der Waals surface area contributed by atoms with E-state index < -0.39 is 0 Å². The van der Waals surface area contributed by atoms with E-state index in [1.54, 1.807) is 0 Å². The smallest absolute Gasteiger partial charge is 0.00955 e. The van der Waals surface area contributed by atoms with Crippen LogP contribution in [0.1, 0.15) is 65.7 Å². The van der Waals surface area contributed by atoms with Crippen LogP contribution in [0, 0.1) is 17.8 Å². The quantitative estimate of drug-likeness (QED) is 0.793. The van der Waals surface area contributed by atoms with Gasteiger partial charge in [-0.15, -0.1) is 0 Å². The lowest BCUT2D eigenvalue weighted by Crippen LogP contribution is -2.46. The van der Waals surface area contributed by atoms with Crippen LogP contribution in [0.4, 0.5) is 0 Å². The summed E-state index contributed by atoms with van der Waals surface area (Å²) in [5.41, 5.74) is 0. The summed E-state index contributed by atoms with van der Waals surface area (Å²) in [6, 6.07) is 0.908. The van der Waals surface area contributed by atoms with E-state index in [0.29, 0.717) is 0 Å². The van der Waals surface area contributed by atoms with Crippen LogP contribution in [0.3, 0.4) is 0 Å². The lowest BCUT2D eigenvalue weighted by Gasteiger charge is -2.41. The normalized spacial score (nSPS) is 32.7. The van der Waals surface area contributed by atoms with Crippen LogP contribution in [0.15, 0.2) is 0 Å². The zero-order chi connectivity index (χ0) is 14.4. The average molecular weight is 281 g/mol. The maximum atomic E-state index is 3.67. The summed E-state index contributed by atoms with van der Waals surface area (Å²) in [5.74, 6) is 2.70. The molecule has 0 radical (unpaired) electrons. The standard InChI is InChI=1S/C18H36N2/c1-4-16-7-9-18(10-8-16)20-11-5-6-17(14-20)13-19-12-15(2)3/h15-19H,4-14H2,1-3H3. The van der Waals surface area contributed by atoms with Gasteiger partial charge in [0.15, 0.2) is 0 Å². The monoisotopic (exact) mass is 280 g/mol. The Kier molecular flexibility index (Phi) is 6.83. The Labute approximate surface area is 126 Å². The van der Waals surface area contributed by atoms with Crippen molar-refractivity contribution < 1.29 is 0 Å². The molecule has 2 rings (SSSR count). The Morgan fingerprint density at radius 2 is 1.80 bits per heavy atom. The molecule has 0 amide bonds. The van der Waals surface area contributed by atoms with Gasteiger partial charge in [0, 0.05) is 12.6 Å². The minimum atomic E-state index is 0.777. The van der Waals surface area contributed by atoms with Gasteiger partial charge >= 0.3 is 0 Å². The molecule has 1 aliphatic carbocycles. The van der Waals surface area contributed by atoms with Crippen LogP contribution >= 0.6 is 0 Å². The average Bonchev–Trinajstić information content (AvgIpc) is 2.47. The van der Waals surface area contributed by atoms with Gasteiger partial charge in [0.2, 0.25) is 0 Å². The molecule has 0 aromatic heterocycles. The molecule has 1 atom stereocenters. The second-order valence-corrected chi connectivity index (χ2v) is 7.64. The van der Waals surface area contributed by atoms with Gasteiger partial charge in [-0.25, -0.2) is 0 Å². The van der Waals surface area contributed by atoms with Gasteiger partial charge in [-0.05, 0) is 75.9 Å². The predicted molar refractivity (Wildman–Crippen MR) is 88.0 cm³/mol. The highest BCUT2D eigenvalue weighted by Crippen LogP contribution is 2.31. The first-order valence-electron chi connectivity index (χ1n) is 9.13. The number of piperidine rings is 1. The highest BCUT2D eigenvalue weighted by atomic mass is 15.2. The van der Waals surface area contributed by atoms with E-state index in [0.717, 1.165) is 23.8 Å². The summed E-state index contributed by atoms with van der Waals surface area (Å²) in [6.07, 6.45) is 10.1. The zero-order valence-corrected chi connectivity index (χ0v) is 14.0. The van der Waals surface area contributed by atoms with Crippen LogP contribution in [-0.4, -0.2) is 37.1 Å². The largest absolute Gasteiger partial charge is 0.316 e. The molecule has 2 fully saturated rings. The minimum absolute atomic E-state index is 0.777. The maximum Gasteiger partial charge on any atom is 0.00955 e. The molecule has 1 heterocycles. The van der Waals surface area contributed by atoms with Crippen molar-refractivity contribution in [3.8, 4) is 0 Å². The second kappa shape index (κ2) is 8.38. The molecule has 1 saturated carbocycles. The third-order valence-corrected chi connectivity index (χ3v) is 5.45. The Bertz CT molecular complexity index is 256. The van der Waals surface area contributed by atoms with Gasteiger partial charge in [-0.2, -0.15) is 0 Å². The third kappa shape index (κ3) is 5.04. The van der Waals surface area contributed by atoms with E-state index in [1.807, 2.05) is 0 Å². The Balaban J connectivity index is 1.70. The topological polar surface area (TPSA) is 15.3 Å². The highest BCUT2D eigenvalue weighted by molar-refractivity contribution is 4.84. The predicted octanol–water partition coefficient (Wildman–Crippen LogP) is 3.91. The number of likely N-dealkylation sites (tertiary alicyclic amines) is 1. The van der Waals surface area contributed by atoms with Crippen LogP contribution in [0.25, 0.3) is 0 Å². The summed E-state index contributed by atoms with van der Waals surface area (Å²) >= 11 is 0. The molecular formula is C18H36N2. The lowest BCUT2D eigenvalue weighted by atomic mass is 9.83. The Morgan fingerprint density at radius 3 is 2.45 bits per heavy atom. The molecule has 2 aliphatic rings. The van der Waals surface area contributed by atoms with E-state index in [9.17, 15) is 0 Å². The molecule has 1 saturated heterocycles. The van der Waals surface area contributed by atoms with Crippen LogP contribution in [-0.2, 0) is 0 Å². The molecule has 0 bridgehead atoms. The zero-order valence-electron chi connectivity index (χ0n) is 14.0. The number of rotatable bonds is 6. The summed E-state index contributed by atoms with van der Waals surface area (Å²) in [6.45, 7) is 12.1. The van der Waals surface area contributed by atoms with E-state index in [2.05, 4.69) is 31.0 Å². The van der Waals surface area contributed by atoms with Crippen molar-refractivity contribution in [1.29, 1.82) is 0 Å². The Hall–Kier alpha value is -0.0800. The van der Waals surface area contributed by atoms with E-state index >= 15 is 0 Å². The van der Waals surface area contributed by atoms with Crippen LogP contribution in [0.2, 0.25) is 0 Å². The summed E-state index contributed by atoms with van der Waals surface area (Å²) in [7, 11) is 0. The molecule has 0 aromatic rings. The van der Waals surface area contributed by atoms with E-state index in [-0.39, 0.29) is 0 Å². The molecule has 20 heavy (non-hydrogen) atoms. The van der Waals surface area contributed by atoms with Crippen LogP contribution < -0.4 is 5.32 Å². The van der Waals surface area contributed by atoms with Gasteiger partial charge in [0.1, 0.15) is 0 Å². The molecular weight excluding hydrogens is 244 g/mol. The molecule has 2 nitrogen and oxygen atoms in total. The molecule has 0 aromatic carbocycles. The van der Waals surface area contributed by atoms with Gasteiger partial charge in [0.05, 0.1) is 0 Å². The molecule has 1 N–H and O–H groups in total. The third-order valence-electron chi connectivity index (χ3n) is 5.45. The highest BCUT2D eigenvalue weighted by Gasteiger charge is 2.28. The van der Waals surface area contributed by atoms with Crippen molar-refractivity contribution in [2.45, 2.75) is 71.8 Å². The fourth-order valence-corrected chi connectivity index (χ4v) is 4.09. The molecule has 1 aliphatic heterocycles. The summed E-state index contributed by atoms with van der Waals surface area (Å²) in [4.78, 5) is 2.83. The number of nitrogens with zero attached hydrogens (tertiary/aromatic N) is 1. The van der Waals surface area contributed by atoms with Crippen molar-refractivity contribution in [2.24, 2.45) is 17.8 Å². The molecule has 2 heteroatoms. The summed E-state index contributed by atoms with van der Waals surface area (Å²) in [5, 5.41) is 3.67. The number of hydrogen-bond acceptors (Lipinski definition) is 2. The van der Waals surface area contributed by atoms with E-state index in [4.69, 9.17) is 0 Å². The first-order chi connectivity index (χ1) is 9.69. The molecule has 0 spiro atoms.